The molecule has 0 saturated carbocycles. The van der Waals surface area contributed by atoms with Crippen molar-refractivity contribution in [1.29, 1.82) is 0 Å². The molecule has 0 unspecified atom stereocenters. The number of nitrogens with zero attached hydrogens (tertiary/aromatic N) is 1. The summed E-state index contributed by atoms with van der Waals surface area (Å²) in [5.41, 5.74) is 4.99. The smallest absolute Gasteiger partial charge is 0.326 e. The molecule has 0 spiro atoms. The van der Waals surface area contributed by atoms with Crippen LogP contribution in [0.5, 0.6) is 0 Å². The SMILES string of the molecule is NC(=O)CC[C@@H](NC(=O)c1cnc(Cl)c(Cl)c1)C(=O)O. The maximum Gasteiger partial charge on any atom is 0.326 e. The number of rotatable bonds is 6. The van der Waals surface area contributed by atoms with Gasteiger partial charge in [0.1, 0.15) is 11.2 Å². The van der Waals surface area contributed by atoms with Gasteiger partial charge in [0.05, 0.1) is 10.6 Å². The number of aliphatic carboxylic acids is 1. The summed E-state index contributed by atoms with van der Waals surface area (Å²) < 4.78 is 0. The fraction of sp³-hybridized carbons (Fsp3) is 0.273. The Kier molecular flexibility index (Phi) is 5.72. The molecule has 0 radical (unpaired) electrons. The molecule has 0 aliphatic rings. The van der Waals surface area contributed by atoms with Gasteiger partial charge in [-0.25, -0.2) is 9.78 Å². The fourth-order valence-electron chi connectivity index (χ4n) is 1.33. The van der Waals surface area contributed by atoms with Crippen molar-refractivity contribution in [2.45, 2.75) is 18.9 Å². The highest BCUT2D eigenvalue weighted by Gasteiger charge is 2.21. The topological polar surface area (TPSA) is 122 Å². The minimum absolute atomic E-state index is 0.0340. The molecule has 108 valence electrons. The molecule has 9 heteroatoms. The monoisotopic (exact) mass is 319 g/mol. The second kappa shape index (κ2) is 7.06. The number of amides is 2. The van der Waals surface area contributed by atoms with Gasteiger partial charge in [-0.2, -0.15) is 0 Å². The summed E-state index contributed by atoms with van der Waals surface area (Å²) in [5.74, 6) is -2.61. The molecule has 20 heavy (non-hydrogen) atoms. The summed E-state index contributed by atoms with van der Waals surface area (Å²) >= 11 is 11.3. The third kappa shape index (κ3) is 4.67. The second-order valence-electron chi connectivity index (χ2n) is 3.87. The van der Waals surface area contributed by atoms with E-state index in [-0.39, 0.29) is 28.6 Å². The Bertz CT molecular complexity index is 550. The van der Waals surface area contributed by atoms with Gasteiger partial charge in [-0.15, -0.1) is 0 Å². The zero-order valence-electron chi connectivity index (χ0n) is 10.1. The largest absolute Gasteiger partial charge is 0.480 e. The third-order valence-electron chi connectivity index (χ3n) is 2.34. The summed E-state index contributed by atoms with van der Waals surface area (Å²) in [5, 5.41) is 11.3. The first-order valence-corrected chi connectivity index (χ1v) is 6.20. The number of carboxylic acid groups (broad SMARTS) is 1. The molecule has 2 amide bonds. The average molecular weight is 320 g/mol. The number of aromatic nitrogens is 1. The van der Waals surface area contributed by atoms with Crippen molar-refractivity contribution >= 4 is 41.0 Å². The number of halogens is 2. The van der Waals surface area contributed by atoms with Crippen LogP contribution < -0.4 is 11.1 Å². The molecule has 0 aliphatic heterocycles. The van der Waals surface area contributed by atoms with Crippen LogP contribution in [0.3, 0.4) is 0 Å². The third-order valence-corrected chi connectivity index (χ3v) is 3.03. The van der Waals surface area contributed by atoms with Crippen LogP contribution in [0.1, 0.15) is 23.2 Å². The van der Waals surface area contributed by atoms with Gasteiger partial charge in [-0.3, -0.25) is 9.59 Å². The maximum atomic E-state index is 11.8. The van der Waals surface area contributed by atoms with Crippen LogP contribution in [0, 0.1) is 0 Å². The summed E-state index contributed by atoms with van der Waals surface area (Å²) in [4.78, 5) is 37.1. The molecule has 1 aromatic rings. The van der Waals surface area contributed by atoms with Gasteiger partial charge in [-0.05, 0) is 12.5 Å². The highest BCUT2D eigenvalue weighted by molar-refractivity contribution is 6.41. The van der Waals surface area contributed by atoms with Crippen molar-refractivity contribution in [2.75, 3.05) is 0 Å². The van der Waals surface area contributed by atoms with E-state index in [4.69, 9.17) is 34.0 Å². The summed E-state index contributed by atoms with van der Waals surface area (Å²) in [6.07, 6.45) is 0.901. The molecule has 1 rings (SSSR count). The molecule has 0 aromatic carbocycles. The highest BCUT2D eigenvalue weighted by Crippen LogP contribution is 2.19. The van der Waals surface area contributed by atoms with Gasteiger partial charge in [0.2, 0.25) is 5.91 Å². The van der Waals surface area contributed by atoms with Crippen molar-refractivity contribution in [1.82, 2.24) is 10.3 Å². The van der Waals surface area contributed by atoms with Crippen molar-refractivity contribution in [2.24, 2.45) is 5.73 Å². The predicted octanol–water partition coefficient (Wildman–Crippen LogP) is 0.837. The molecule has 0 fully saturated rings. The highest BCUT2D eigenvalue weighted by atomic mass is 35.5. The quantitative estimate of drug-likeness (QED) is 0.670. The molecule has 1 heterocycles. The first-order valence-electron chi connectivity index (χ1n) is 5.44. The van der Waals surface area contributed by atoms with Crippen LogP contribution in [0.15, 0.2) is 12.3 Å². The summed E-state index contributed by atoms with van der Waals surface area (Å²) in [6, 6.07) is 0.0311. The van der Waals surface area contributed by atoms with E-state index in [1.54, 1.807) is 0 Å². The van der Waals surface area contributed by atoms with Crippen LogP contribution in [-0.4, -0.2) is 33.9 Å². The number of primary amides is 1. The van der Waals surface area contributed by atoms with Gasteiger partial charge in [0.15, 0.2) is 0 Å². The van der Waals surface area contributed by atoms with E-state index >= 15 is 0 Å². The Labute approximate surface area is 124 Å². The minimum atomic E-state index is -1.27. The van der Waals surface area contributed by atoms with Gasteiger partial charge >= 0.3 is 5.97 Å². The average Bonchev–Trinajstić information content (AvgIpc) is 2.36. The molecule has 0 bridgehead atoms. The lowest BCUT2D eigenvalue weighted by Gasteiger charge is -2.13. The normalized spacial score (nSPS) is 11.7. The van der Waals surface area contributed by atoms with Gasteiger partial charge in [0, 0.05) is 12.6 Å². The molecule has 0 saturated heterocycles. The summed E-state index contributed by atoms with van der Waals surface area (Å²) in [6.45, 7) is 0. The van der Waals surface area contributed by atoms with Crippen LogP contribution in [0.25, 0.3) is 0 Å². The number of carboxylic acids is 1. The Morgan fingerprint density at radius 3 is 2.55 bits per heavy atom. The zero-order chi connectivity index (χ0) is 15.3. The molecule has 7 nitrogen and oxygen atoms in total. The molecular weight excluding hydrogens is 309 g/mol. The Hall–Kier alpha value is -1.86. The van der Waals surface area contributed by atoms with E-state index in [2.05, 4.69) is 10.3 Å². The number of hydrogen-bond acceptors (Lipinski definition) is 4. The number of carbonyl (C=O) groups excluding carboxylic acids is 2. The van der Waals surface area contributed by atoms with Gasteiger partial charge in [-0.1, -0.05) is 23.2 Å². The number of nitrogens with one attached hydrogen (secondary N) is 1. The molecule has 1 atom stereocenters. The van der Waals surface area contributed by atoms with Crippen LogP contribution in [0.2, 0.25) is 10.2 Å². The number of hydrogen-bond donors (Lipinski definition) is 3. The van der Waals surface area contributed by atoms with E-state index in [0.717, 1.165) is 6.20 Å². The molecule has 4 N–H and O–H groups in total. The van der Waals surface area contributed by atoms with Crippen molar-refractivity contribution in [3.05, 3.63) is 28.0 Å². The maximum absolute atomic E-state index is 11.8. The first-order chi connectivity index (χ1) is 9.31. The second-order valence-corrected chi connectivity index (χ2v) is 4.63. The van der Waals surface area contributed by atoms with Crippen LogP contribution in [-0.2, 0) is 9.59 Å². The van der Waals surface area contributed by atoms with Gasteiger partial charge < -0.3 is 16.2 Å². The number of pyridine rings is 1. The number of carbonyl (C=O) groups is 3. The Balaban J connectivity index is 2.77. The molecule has 1 aromatic heterocycles. The van der Waals surface area contributed by atoms with E-state index < -0.39 is 23.8 Å². The number of nitrogens with two attached hydrogens (primary N) is 1. The standard InChI is InChI=1S/C11H11Cl2N3O4/c12-6-3-5(4-15-9(6)13)10(18)16-7(11(19)20)1-2-8(14)17/h3-4,7H,1-2H2,(H2,14,17)(H,16,18)(H,19,20)/t7-/m1/s1. The van der Waals surface area contributed by atoms with Crippen LogP contribution >= 0.6 is 23.2 Å². The van der Waals surface area contributed by atoms with E-state index in [0.29, 0.717) is 0 Å². The minimum Gasteiger partial charge on any atom is -0.480 e. The Morgan fingerprint density at radius 2 is 2.05 bits per heavy atom. The van der Waals surface area contributed by atoms with Crippen molar-refractivity contribution in [3.8, 4) is 0 Å². The fourth-order valence-corrected chi connectivity index (χ4v) is 1.60. The lowest BCUT2D eigenvalue weighted by atomic mass is 10.1. The van der Waals surface area contributed by atoms with Crippen molar-refractivity contribution < 1.29 is 19.5 Å². The van der Waals surface area contributed by atoms with E-state index in [1.165, 1.54) is 6.07 Å². The Morgan fingerprint density at radius 1 is 1.40 bits per heavy atom. The van der Waals surface area contributed by atoms with Crippen molar-refractivity contribution in [3.63, 3.8) is 0 Å². The lowest BCUT2D eigenvalue weighted by molar-refractivity contribution is -0.139. The summed E-state index contributed by atoms with van der Waals surface area (Å²) in [7, 11) is 0. The van der Waals surface area contributed by atoms with Gasteiger partial charge in [0.25, 0.3) is 5.91 Å². The molecule has 0 aliphatic carbocycles. The zero-order valence-corrected chi connectivity index (χ0v) is 11.6. The molecular formula is C11H11Cl2N3O4. The van der Waals surface area contributed by atoms with E-state index in [9.17, 15) is 14.4 Å². The first kappa shape index (κ1) is 16.2. The predicted molar refractivity (Wildman–Crippen MR) is 71.6 cm³/mol. The van der Waals surface area contributed by atoms with Crippen LogP contribution in [0.4, 0.5) is 0 Å². The van der Waals surface area contributed by atoms with E-state index in [1.807, 2.05) is 0 Å². The lowest BCUT2D eigenvalue weighted by Crippen LogP contribution is -2.41.